The minimum Gasteiger partial charge on any atom is -0.322 e. The highest BCUT2D eigenvalue weighted by atomic mass is 19.2. The van der Waals surface area contributed by atoms with E-state index in [-0.39, 0.29) is 12.2 Å². The number of carbonyl (C=O) groups excluding carboxylic acids is 1. The van der Waals surface area contributed by atoms with Gasteiger partial charge < -0.3 is 10.6 Å². The van der Waals surface area contributed by atoms with E-state index in [1.165, 1.54) is 18.4 Å². The molecule has 0 atom stereocenters. The van der Waals surface area contributed by atoms with Crippen molar-refractivity contribution in [2.45, 2.75) is 32.1 Å². The van der Waals surface area contributed by atoms with Crippen molar-refractivity contribution in [1.29, 1.82) is 0 Å². The van der Waals surface area contributed by atoms with E-state index >= 15 is 0 Å². The fourth-order valence-corrected chi connectivity index (χ4v) is 2.40. The molecule has 6 heteroatoms. The molecule has 0 bridgehead atoms. The number of hydrogen-bond donors (Lipinski definition) is 2. The van der Waals surface area contributed by atoms with Crippen LogP contribution in [0.15, 0.2) is 23.8 Å². The van der Waals surface area contributed by atoms with Crippen molar-refractivity contribution in [3.8, 4) is 0 Å². The maximum Gasteiger partial charge on any atom is 0.238 e. The molecule has 1 aliphatic carbocycles. The monoisotopic (exact) mass is 312 g/mol. The van der Waals surface area contributed by atoms with Crippen LogP contribution in [-0.4, -0.2) is 19.0 Å². The number of rotatable bonds is 6. The molecule has 0 spiro atoms. The molecule has 0 unspecified atom stereocenters. The van der Waals surface area contributed by atoms with Crippen molar-refractivity contribution in [2.24, 2.45) is 0 Å². The summed E-state index contributed by atoms with van der Waals surface area (Å²) in [4.78, 5) is 11.6. The Bertz CT molecular complexity index is 573. The summed E-state index contributed by atoms with van der Waals surface area (Å²) in [6.07, 6.45) is 7.79. The van der Waals surface area contributed by atoms with Gasteiger partial charge in [-0.1, -0.05) is 11.6 Å². The summed E-state index contributed by atoms with van der Waals surface area (Å²) < 4.78 is 39.2. The number of halogens is 3. The van der Waals surface area contributed by atoms with Gasteiger partial charge in [0.05, 0.1) is 12.2 Å². The Kier molecular flexibility index (Phi) is 6.00. The van der Waals surface area contributed by atoms with Gasteiger partial charge in [0, 0.05) is 0 Å². The first-order valence-electron chi connectivity index (χ1n) is 7.40. The van der Waals surface area contributed by atoms with Gasteiger partial charge in [-0.15, -0.1) is 0 Å². The van der Waals surface area contributed by atoms with E-state index in [1.54, 1.807) is 0 Å². The van der Waals surface area contributed by atoms with E-state index < -0.39 is 23.4 Å². The van der Waals surface area contributed by atoms with Crippen LogP contribution in [0.3, 0.4) is 0 Å². The molecule has 1 aromatic carbocycles. The van der Waals surface area contributed by atoms with Crippen LogP contribution in [0.4, 0.5) is 18.9 Å². The zero-order valence-corrected chi connectivity index (χ0v) is 12.2. The molecule has 1 amide bonds. The quantitative estimate of drug-likeness (QED) is 0.479. The van der Waals surface area contributed by atoms with Gasteiger partial charge in [0.25, 0.3) is 0 Å². The number of hydrogen-bond acceptors (Lipinski definition) is 2. The third-order valence-electron chi connectivity index (χ3n) is 3.60. The van der Waals surface area contributed by atoms with Crippen molar-refractivity contribution >= 4 is 11.6 Å². The molecule has 2 N–H and O–H groups in total. The van der Waals surface area contributed by atoms with Crippen LogP contribution in [0, 0.1) is 17.5 Å². The lowest BCUT2D eigenvalue weighted by Gasteiger charge is -2.13. The second-order valence-electron chi connectivity index (χ2n) is 5.31. The molecular formula is C16H19F3N2O. The van der Waals surface area contributed by atoms with Crippen LogP contribution in [0.2, 0.25) is 0 Å². The molecule has 22 heavy (non-hydrogen) atoms. The standard InChI is InChI=1S/C16H19F3N2O/c17-12-6-7-13(16(19)15(12)18)21-14(22)10-20-9-8-11-4-2-1-3-5-11/h4,6-7,20H,1-3,5,8-10H2,(H,21,22). The Morgan fingerprint density at radius 2 is 1.95 bits per heavy atom. The average Bonchev–Trinajstić information content (AvgIpc) is 2.53. The first-order valence-corrected chi connectivity index (χ1v) is 7.40. The lowest BCUT2D eigenvalue weighted by molar-refractivity contribution is -0.115. The van der Waals surface area contributed by atoms with Gasteiger partial charge in [0.15, 0.2) is 17.5 Å². The SMILES string of the molecule is O=C(CNCCC1=CCCCC1)Nc1ccc(F)c(F)c1F. The molecule has 2 rings (SSSR count). The molecule has 0 saturated heterocycles. The summed E-state index contributed by atoms with van der Waals surface area (Å²) >= 11 is 0. The zero-order valence-electron chi connectivity index (χ0n) is 12.2. The van der Waals surface area contributed by atoms with E-state index in [4.69, 9.17) is 0 Å². The van der Waals surface area contributed by atoms with Gasteiger partial charge >= 0.3 is 0 Å². The first kappa shape index (κ1) is 16.5. The summed E-state index contributed by atoms with van der Waals surface area (Å²) in [5.41, 5.74) is 1.03. The molecule has 1 aromatic rings. The molecule has 0 aromatic heterocycles. The summed E-state index contributed by atoms with van der Waals surface area (Å²) in [7, 11) is 0. The summed E-state index contributed by atoms with van der Waals surface area (Å²) in [5, 5.41) is 5.17. The van der Waals surface area contributed by atoms with Crippen LogP contribution in [0.25, 0.3) is 0 Å². The Hall–Kier alpha value is -1.82. The largest absolute Gasteiger partial charge is 0.322 e. The van der Waals surface area contributed by atoms with Crippen molar-refractivity contribution in [3.05, 3.63) is 41.2 Å². The summed E-state index contributed by atoms with van der Waals surface area (Å²) in [6, 6.07) is 1.77. The lowest BCUT2D eigenvalue weighted by Crippen LogP contribution is -2.29. The molecule has 0 radical (unpaired) electrons. The van der Waals surface area contributed by atoms with E-state index in [2.05, 4.69) is 16.7 Å². The van der Waals surface area contributed by atoms with Crippen molar-refractivity contribution in [1.82, 2.24) is 5.32 Å². The second kappa shape index (κ2) is 7.98. The van der Waals surface area contributed by atoms with Crippen LogP contribution >= 0.6 is 0 Å². The third kappa shape index (κ3) is 4.59. The Morgan fingerprint density at radius 3 is 2.68 bits per heavy atom. The predicted molar refractivity (Wildman–Crippen MR) is 79.0 cm³/mol. The number of amides is 1. The normalized spacial score (nSPS) is 14.6. The van der Waals surface area contributed by atoms with Gasteiger partial charge in [-0.05, 0) is 50.8 Å². The summed E-state index contributed by atoms with van der Waals surface area (Å²) in [6.45, 7) is 0.644. The maximum atomic E-state index is 13.4. The fraction of sp³-hybridized carbons (Fsp3) is 0.438. The number of carbonyl (C=O) groups is 1. The maximum absolute atomic E-state index is 13.4. The third-order valence-corrected chi connectivity index (χ3v) is 3.60. The van der Waals surface area contributed by atoms with Crippen molar-refractivity contribution in [3.63, 3.8) is 0 Å². The minimum absolute atomic E-state index is 0.00822. The van der Waals surface area contributed by atoms with Crippen molar-refractivity contribution < 1.29 is 18.0 Å². The highest BCUT2D eigenvalue weighted by Gasteiger charge is 2.15. The second-order valence-corrected chi connectivity index (χ2v) is 5.31. The van der Waals surface area contributed by atoms with Gasteiger partial charge in [-0.2, -0.15) is 0 Å². The number of allylic oxidation sites excluding steroid dienone is 1. The molecule has 1 aliphatic rings. The average molecular weight is 312 g/mol. The topological polar surface area (TPSA) is 41.1 Å². The highest BCUT2D eigenvalue weighted by Crippen LogP contribution is 2.20. The van der Waals surface area contributed by atoms with Crippen LogP contribution < -0.4 is 10.6 Å². The number of nitrogens with one attached hydrogen (secondary N) is 2. The van der Waals surface area contributed by atoms with E-state index in [1.807, 2.05) is 0 Å². The van der Waals surface area contributed by atoms with Crippen molar-refractivity contribution in [2.75, 3.05) is 18.4 Å². The zero-order chi connectivity index (χ0) is 15.9. The Balaban J connectivity index is 1.74. The number of benzene rings is 1. The van der Waals surface area contributed by atoms with Crippen LogP contribution in [-0.2, 0) is 4.79 Å². The van der Waals surface area contributed by atoms with Gasteiger partial charge in [0.1, 0.15) is 0 Å². The molecular weight excluding hydrogens is 293 g/mol. The van der Waals surface area contributed by atoms with E-state index in [0.29, 0.717) is 6.54 Å². The van der Waals surface area contributed by atoms with E-state index in [9.17, 15) is 18.0 Å². The summed E-state index contributed by atoms with van der Waals surface area (Å²) in [5.74, 6) is -4.76. The van der Waals surface area contributed by atoms with Crippen LogP contribution in [0.1, 0.15) is 32.1 Å². The first-order chi connectivity index (χ1) is 10.6. The molecule has 0 heterocycles. The molecule has 0 aliphatic heterocycles. The van der Waals surface area contributed by atoms with Gasteiger partial charge in [0.2, 0.25) is 5.91 Å². The fourth-order valence-electron chi connectivity index (χ4n) is 2.40. The molecule has 0 saturated carbocycles. The molecule has 3 nitrogen and oxygen atoms in total. The van der Waals surface area contributed by atoms with Gasteiger partial charge in [-0.25, -0.2) is 13.2 Å². The molecule has 0 fully saturated rings. The van der Waals surface area contributed by atoms with Crippen LogP contribution in [0.5, 0.6) is 0 Å². The Morgan fingerprint density at radius 1 is 1.14 bits per heavy atom. The minimum atomic E-state index is -1.59. The lowest BCUT2D eigenvalue weighted by atomic mass is 9.97. The predicted octanol–water partition coefficient (Wildman–Crippen LogP) is 3.52. The molecule has 120 valence electrons. The van der Waals surface area contributed by atoms with E-state index in [0.717, 1.165) is 31.4 Å². The highest BCUT2D eigenvalue weighted by molar-refractivity contribution is 5.92. The smallest absolute Gasteiger partial charge is 0.238 e. The Labute approximate surface area is 127 Å². The number of anilines is 1. The van der Waals surface area contributed by atoms with Gasteiger partial charge in [-0.3, -0.25) is 4.79 Å².